The maximum absolute atomic E-state index is 12.1. The molecule has 0 aliphatic rings. The first-order valence-corrected chi connectivity index (χ1v) is 5.59. The van der Waals surface area contributed by atoms with Crippen LogP contribution in [-0.2, 0) is 0 Å². The largest absolute Gasteiger partial charge is 0.433 e. The third-order valence-electron chi connectivity index (χ3n) is 2.05. The lowest BCUT2D eigenvalue weighted by atomic mass is 10.3. The highest BCUT2D eigenvalue weighted by molar-refractivity contribution is 6.32. The second-order valence-electron chi connectivity index (χ2n) is 3.46. The van der Waals surface area contributed by atoms with E-state index in [-0.39, 0.29) is 16.5 Å². The van der Waals surface area contributed by atoms with Gasteiger partial charge in [0.15, 0.2) is 0 Å². The summed E-state index contributed by atoms with van der Waals surface area (Å²) in [6, 6.07) is 3.33. The summed E-state index contributed by atoms with van der Waals surface area (Å²) in [6.07, 6.45) is 2.54. The van der Waals surface area contributed by atoms with E-state index in [1.54, 1.807) is 0 Å². The van der Waals surface area contributed by atoms with Gasteiger partial charge in [0.2, 0.25) is 0 Å². The third kappa shape index (κ3) is 3.79. The number of carbonyl (C=O) groups excluding carboxylic acids is 1. The van der Waals surface area contributed by atoms with Gasteiger partial charge in [-0.25, -0.2) is 14.9 Å². The molecule has 2 N–H and O–H groups in total. The van der Waals surface area contributed by atoms with Gasteiger partial charge >= 0.3 is 12.6 Å². The van der Waals surface area contributed by atoms with E-state index in [4.69, 9.17) is 11.6 Å². The zero-order chi connectivity index (χ0) is 14.5. The van der Waals surface area contributed by atoms with Crippen LogP contribution in [0.5, 0.6) is 5.75 Å². The number of carbonyl (C=O) groups is 1. The predicted molar refractivity (Wildman–Crippen MR) is 66.5 cm³/mol. The molecule has 1 aromatic heterocycles. The fraction of sp³-hybridized carbons (Fsp3) is 0.100. The van der Waals surface area contributed by atoms with Crippen molar-refractivity contribution in [3.63, 3.8) is 0 Å². The summed E-state index contributed by atoms with van der Waals surface area (Å²) < 4.78 is 29.7. The van der Waals surface area contributed by atoms with Crippen molar-refractivity contribution in [1.82, 2.24) is 14.9 Å². The minimum atomic E-state index is -3.01. The van der Waals surface area contributed by atoms with Crippen molar-refractivity contribution in [2.24, 2.45) is 0 Å². The summed E-state index contributed by atoms with van der Waals surface area (Å²) >= 11 is 5.68. The first kappa shape index (κ1) is 14.0. The number of urea groups is 1. The van der Waals surface area contributed by atoms with E-state index in [0.29, 0.717) is 0 Å². The molecule has 2 rings (SSSR count). The van der Waals surface area contributed by atoms with Crippen LogP contribution in [0.2, 0.25) is 5.02 Å². The number of hydrogen-bond acceptors (Lipinski definition) is 4. The van der Waals surface area contributed by atoms with Crippen molar-refractivity contribution in [1.29, 1.82) is 0 Å². The van der Waals surface area contributed by atoms with E-state index in [1.807, 2.05) is 0 Å². The Morgan fingerprint density at radius 3 is 2.70 bits per heavy atom. The van der Waals surface area contributed by atoms with Gasteiger partial charge < -0.3 is 10.1 Å². The van der Waals surface area contributed by atoms with Crippen molar-refractivity contribution < 1.29 is 18.3 Å². The summed E-state index contributed by atoms with van der Waals surface area (Å²) in [5.74, 6) is -0.233. The van der Waals surface area contributed by atoms with Crippen LogP contribution in [0.1, 0.15) is 0 Å². The summed E-state index contributed by atoms with van der Waals surface area (Å²) in [5, 5.41) is 9.40. The molecule has 0 bridgehead atoms. The van der Waals surface area contributed by atoms with Crippen LogP contribution in [0.25, 0.3) is 0 Å². The van der Waals surface area contributed by atoms with Crippen molar-refractivity contribution >= 4 is 23.3 Å². The first-order chi connectivity index (χ1) is 9.54. The highest BCUT2D eigenvalue weighted by atomic mass is 35.5. The van der Waals surface area contributed by atoms with Gasteiger partial charge in [0.25, 0.3) is 0 Å². The number of amides is 2. The van der Waals surface area contributed by atoms with Crippen LogP contribution < -0.4 is 15.5 Å². The Morgan fingerprint density at radius 1 is 1.35 bits per heavy atom. The molecule has 0 saturated heterocycles. The smallest absolute Gasteiger partial charge is 0.387 e. The molecular formula is C10H8ClF2N5O2. The lowest BCUT2D eigenvalue weighted by Crippen LogP contribution is -2.26. The van der Waals surface area contributed by atoms with Gasteiger partial charge in [-0.2, -0.15) is 8.78 Å². The van der Waals surface area contributed by atoms with Gasteiger partial charge in [0, 0.05) is 11.8 Å². The molecule has 0 unspecified atom stereocenters. The minimum Gasteiger partial charge on any atom is -0.433 e. The first-order valence-electron chi connectivity index (χ1n) is 5.21. The summed E-state index contributed by atoms with van der Waals surface area (Å²) in [6.45, 7) is -3.01. The molecule has 0 fully saturated rings. The number of anilines is 1. The Kier molecular flexibility index (Phi) is 4.31. The highest BCUT2D eigenvalue weighted by Gasteiger charge is 2.10. The number of nitrogens with one attached hydrogen (secondary N) is 2. The average Bonchev–Trinajstić information content (AvgIpc) is 2.85. The minimum absolute atomic E-state index is 0.00932. The molecule has 7 nitrogen and oxygen atoms in total. The predicted octanol–water partition coefficient (Wildman–Crippen LogP) is 2.31. The van der Waals surface area contributed by atoms with Crippen LogP contribution in [0.3, 0.4) is 0 Å². The lowest BCUT2D eigenvalue weighted by molar-refractivity contribution is -0.0497. The van der Waals surface area contributed by atoms with E-state index in [9.17, 15) is 13.6 Å². The average molecular weight is 304 g/mol. The second kappa shape index (κ2) is 6.15. The van der Waals surface area contributed by atoms with Crippen LogP contribution in [0.15, 0.2) is 30.9 Å². The number of ether oxygens (including phenoxy) is 1. The molecule has 0 spiro atoms. The normalized spacial score (nSPS) is 10.4. The van der Waals surface area contributed by atoms with Gasteiger partial charge in [0.1, 0.15) is 18.4 Å². The number of aromatic nitrogens is 3. The number of rotatable bonds is 4. The molecule has 10 heteroatoms. The third-order valence-corrected chi connectivity index (χ3v) is 2.37. The zero-order valence-corrected chi connectivity index (χ0v) is 10.5. The Hall–Kier alpha value is -2.42. The van der Waals surface area contributed by atoms with Crippen molar-refractivity contribution in [3.8, 4) is 5.75 Å². The second-order valence-corrected chi connectivity index (χ2v) is 3.87. The number of alkyl halides is 2. The molecule has 2 amide bonds. The maximum atomic E-state index is 12.1. The number of halogens is 3. The molecule has 106 valence electrons. The Labute approximate surface area is 116 Å². The van der Waals surface area contributed by atoms with E-state index >= 15 is 0 Å². The monoisotopic (exact) mass is 303 g/mol. The van der Waals surface area contributed by atoms with Crippen molar-refractivity contribution in [2.75, 3.05) is 10.7 Å². The Morgan fingerprint density at radius 2 is 2.05 bits per heavy atom. The van der Waals surface area contributed by atoms with Crippen LogP contribution in [0.4, 0.5) is 19.3 Å². The summed E-state index contributed by atoms with van der Waals surface area (Å²) in [7, 11) is 0. The number of benzene rings is 1. The Balaban J connectivity index is 2.03. The Bertz CT molecular complexity index is 593. The van der Waals surface area contributed by atoms with Crippen molar-refractivity contribution in [2.45, 2.75) is 6.61 Å². The fourth-order valence-corrected chi connectivity index (χ4v) is 1.46. The van der Waals surface area contributed by atoms with Crippen LogP contribution in [-0.4, -0.2) is 27.5 Å². The van der Waals surface area contributed by atoms with Gasteiger partial charge in [0.05, 0.1) is 5.02 Å². The molecule has 1 aromatic carbocycles. The lowest BCUT2D eigenvalue weighted by Gasteiger charge is -2.10. The topological polar surface area (TPSA) is 81.1 Å². The van der Waals surface area contributed by atoms with Gasteiger partial charge in [-0.15, -0.1) is 10.2 Å². The molecular weight excluding hydrogens is 296 g/mol. The molecule has 0 saturated carbocycles. The SMILES string of the molecule is O=C(Nc1ccc(Cl)c(OC(F)F)c1)Nn1cnnc1. The summed E-state index contributed by atoms with van der Waals surface area (Å²) in [4.78, 5) is 11.6. The van der Waals surface area contributed by atoms with Crippen LogP contribution >= 0.6 is 11.6 Å². The van der Waals surface area contributed by atoms with Gasteiger partial charge in [-0.3, -0.25) is 0 Å². The zero-order valence-electron chi connectivity index (χ0n) is 9.76. The quantitative estimate of drug-likeness (QED) is 0.908. The molecule has 1 heterocycles. The number of nitrogens with zero attached hydrogens (tertiary/aromatic N) is 3. The van der Waals surface area contributed by atoms with E-state index < -0.39 is 12.6 Å². The molecule has 0 atom stereocenters. The maximum Gasteiger partial charge on any atom is 0.387 e. The van der Waals surface area contributed by atoms with Gasteiger partial charge in [-0.1, -0.05) is 11.6 Å². The molecule has 0 aliphatic heterocycles. The number of hydrogen-bond donors (Lipinski definition) is 2. The molecule has 0 radical (unpaired) electrons. The van der Waals surface area contributed by atoms with E-state index in [1.165, 1.54) is 35.5 Å². The highest BCUT2D eigenvalue weighted by Crippen LogP contribution is 2.29. The van der Waals surface area contributed by atoms with Crippen LogP contribution in [0, 0.1) is 0 Å². The van der Waals surface area contributed by atoms with E-state index in [2.05, 4.69) is 25.7 Å². The summed E-state index contributed by atoms with van der Waals surface area (Å²) in [5.41, 5.74) is 2.60. The van der Waals surface area contributed by atoms with E-state index in [0.717, 1.165) is 0 Å². The molecule has 0 aliphatic carbocycles. The molecule has 20 heavy (non-hydrogen) atoms. The van der Waals surface area contributed by atoms with Gasteiger partial charge in [-0.05, 0) is 12.1 Å². The fourth-order valence-electron chi connectivity index (χ4n) is 1.30. The molecule has 2 aromatic rings. The standard InChI is InChI=1S/C10H8ClF2N5O2/c11-7-2-1-6(3-8(7)20-9(12)13)16-10(19)17-18-4-14-15-5-18/h1-5,9H,(H2,16,17,19). The van der Waals surface area contributed by atoms with Crippen molar-refractivity contribution in [3.05, 3.63) is 35.9 Å².